The molecule has 0 radical (unpaired) electrons. The summed E-state index contributed by atoms with van der Waals surface area (Å²) in [6, 6.07) is 11.8. The Morgan fingerprint density at radius 3 is 3.05 bits per heavy atom. The number of carbonyl (C=O) groups is 1. The van der Waals surface area contributed by atoms with Crippen molar-refractivity contribution in [1.29, 1.82) is 0 Å². The SMILES string of the molecule is Cn1c(SCC(=O)N/N=C/c2cccs2)nc2ccccc21. The zero-order chi connectivity index (χ0) is 15.4. The van der Waals surface area contributed by atoms with Gasteiger partial charge in [0.2, 0.25) is 0 Å². The van der Waals surface area contributed by atoms with E-state index >= 15 is 0 Å². The highest BCUT2D eigenvalue weighted by Gasteiger charge is 2.09. The molecule has 3 aromatic rings. The molecule has 1 amide bonds. The van der Waals surface area contributed by atoms with Gasteiger partial charge in [0.15, 0.2) is 5.16 Å². The number of hydrogen-bond acceptors (Lipinski definition) is 5. The van der Waals surface area contributed by atoms with E-state index in [-0.39, 0.29) is 11.7 Å². The number of nitrogens with one attached hydrogen (secondary N) is 1. The molecule has 2 aromatic heterocycles. The van der Waals surface area contributed by atoms with E-state index in [0.29, 0.717) is 0 Å². The first-order chi connectivity index (χ1) is 10.7. The van der Waals surface area contributed by atoms with Crippen LogP contribution >= 0.6 is 23.1 Å². The van der Waals surface area contributed by atoms with Crippen molar-refractivity contribution in [1.82, 2.24) is 15.0 Å². The molecule has 3 rings (SSSR count). The van der Waals surface area contributed by atoms with Crippen LogP contribution in [0.25, 0.3) is 11.0 Å². The predicted octanol–water partition coefficient (Wildman–Crippen LogP) is 2.88. The summed E-state index contributed by atoms with van der Waals surface area (Å²) in [6.45, 7) is 0. The Morgan fingerprint density at radius 2 is 2.27 bits per heavy atom. The fourth-order valence-electron chi connectivity index (χ4n) is 1.95. The lowest BCUT2D eigenvalue weighted by Crippen LogP contribution is -2.19. The molecule has 0 aliphatic heterocycles. The van der Waals surface area contributed by atoms with Crippen molar-refractivity contribution < 1.29 is 4.79 Å². The number of aryl methyl sites for hydroxylation is 1. The number of aromatic nitrogens is 2. The first-order valence-corrected chi connectivity index (χ1v) is 8.50. The summed E-state index contributed by atoms with van der Waals surface area (Å²) in [7, 11) is 1.95. The van der Waals surface area contributed by atoms with Crippen molar-refractivity contribution >= 4 is 46.3 Å². The largest absolute Gasteiger partial charge is 0.322 e. The van der Waals surface area contributed by atoms with Gasteiger partial charge in [0.25, 0.3) is 5.91 Å². The van der Waals surface area contributed by atoms with Crippen LogP contribution in [0.5, 0.6) is 0 Å². The highest BCUT2D eigenvalue weighted by Crippen LogP contribution is 2.22. The van der Waals surface area contributed by atoms with E-state index < -0.39 is 0 Å². The number of thiophene rings is 1. The van der Waals surface area contributed by atoms with Gasteiger partial charge in [-0.1, -0.05) is 30.0 Å². The average molecular weight is 330 g/mol. The first kappa shape index (κ1) is 14.8. The molecule has 5 nitrogen and oxygen atoms in total. The number of thioether (sulfide) groups is 1. The van der Waals surface area contributed by atoms with Gasteiger partial charge in [-0.3, -0.25) is 4.79 Å². The summed E-state index contributed by atoms with van der Waals surface area (Å²) in [5.74, 6) is 0.128. The first-order valence-electron chi connectivity index (χ1n) is 6.64. The third-order valence-corrected chi connectivity index (χ3v) is 4.84. The van der Waals surface area contributed by atoms with Crippen LogP contribution in [0.1, 0.15) is 4.88 Å². The van der Waals surface area contributed by atoms with Crippen molar-refractivity contribution in [3.05, 3.63) is 46.7 Å². The van der Waals surface area contributed by atoms with Crippen LogP contribution in [-0.4, -0.2) is 27.4 Å². The molecule has 0 aliphatic carbocycles. The summed E-state index contributed by atoms with van der Waals surface area (Å²) in [6.07, 6.45) is 1.64. The molecule has 0 bridgehead atoms. The van der Waals surface area contributed by atoms with Gasteiger partial charge in [0, 0.05) is 11.9 Å². The number of carbonyl (C=O) groups excluding carboxylic acids is 1. The van der Waals surface area contributed by atoms with Crippen LogP contribution in [0.2, 0.25) is 0 Å². The molecule has 0 saturated heterocycles. The van der Waals surface area contributed by atoms with Crippen LogP contribution < -0.4 is 5.43 Å². The Morgan fingerprint density at radius 1 is 1.41 bits per heavy atom. The molecule has 7 heteroatoms. The van der Waals surface area contributed by atoms with Gasteiger partial charge in [-0.2, -0.15) is 5.10 Å². The number of imidazole rings is 1. The van der Waals surface area contributed by atoms with E-state index in [1.807, 2.05) is 53.4 Å². The lowest BCUT2D eigenvalue weighted by molar-refractivity contribution is -0.118. The fourth-order valence-corrected chi connectivity index (χ4v) is 3.31. The molecule has 1 N–H and O–H groups in total. The van der Waals surface area contributed by atoms with E-state index in [4.69, 9.17) is 0 Å². The molecule has 0 saturated carbocycles. The van der Waals surface area contributed by atoms with E-state index in [1.165, 1.54) is 11.8 Å². The summed E-state index contributed by atoms with van der Waals surface area (Å²) in [5, 5.41) is 6.72. The van der Waals surface area contributed by atoms with Crippen LogP contribution in [0, 0.1) is 0 Å². The van der Waals surface area contributed by atoms with Gasteiger partial charge in [-0.15, -0.1) is 11.3 Å². The highest BCUT2D eigenvalue weighted by atomic mass is 32.2. The lowest BCUT2D eigenvalue weighted by atomic mass is 10.3. The van der Waals surface area contributed by atoms with Crippen LogP contribution in [0.3, 0.4) is 0 Å². The number of rotatable bonds is 5. The normalized spacial score (nSPS) is 11.3. The maximum absolute atomic E-state index is 11.8. The highest BCUT2D eigenvalue weighted by molar-refractivity contribution is 7.99. The standard InChI is InChI=1S/C15H14N4OS2/c1-19-13-7-3-2-6-12(13)17-15(19)22-10-14(20)18-16-9-11-5-4-8-21-11/h2-9H,10H2,1H3,(H,18,20)/b16-9+. The minimum atomic E-state index is -0.148. The van der Waals surface area contributed by atoms with Crippen molar-refractivity contribution in [2.75, 3.05) is 5.75 Å². The number of benzene rings is 1. The zero-order valence-corrected chi connectivity index (χ0v) is 13.5. The summed E-state index contributed by atoms with van der Waals surface area (Å²) in [4.78, 5) is 17.3. The maximum atomic E-state index is 11.8. The Kier molecular flexibility index (Phi) is 4.55. The third kappa shape index (κ3) is 3.37. The Bertz CT molecular complexity index is 808. The molecule has 0 aliphatic rings. The van der Waals surface area contributed by atoms with Crippen LogP contribution in [0.15, 0.2) is 52.0 Å². The van der Waals surface area contributed by atoms with Gasteiger partial charge in [0.05, 0.1) is 23.0 Å². The molecule has 0 fully saturated rings. The number of fused-ring (bicyclic) bond motifs is 1. The van der Waals surface area contributed by atoms with E-state index in [2.05, 4.69) is 15.5 Å². The molecule has 0 unspecified atom stereocenters. The van der Waals surface area contributed by atoms with Gasteiger partial charge in [-0.05, 0) is 23.6 Å². The number of nitrogens with zero attached hydrogens (tertiary/aromatic N) is 3. The Hall–Kier alpha value is -2.12. The van der Waals surface area contributed by atoms with E-state index in [9.17, 15) is 4.79 Å². The minimum absolute atomic E-state index is 0.148. The van der Waals surface area contributed by atoms with E-state index in [0.717, 1.165) is 21.1 Å². The molecule has 1 aromatic carbocycles. The van der Waals surface area contributed by atoms with Gasteiger partial charge >= 0.3 is 0 Å². The topological polar surface area (TPSA) is 59.3 Å². The Labute approximate surface area is 136 Å². The average Bonchev–Trinajstić information content (AvgIpc) is 3.14. The van der Waals surface area contributed by atoms with E-state index in [1.54, 1.807) is 17.6 Å². The number of amides is 1. The van der Waals surface area contributed by atoms with Gasteiger partial charge < -0.3 is 4.57 Å². The van der Waals surface area contributed by atoms with Crippen LogP contribution in [-0.2, 0) is 11.8 Å². The molecular formula is C15H14N4OS2. The fraction of sp³-hybridized carbons (Fsp3) is 0.133. The molecule has 0 atom stereocenters. The second-order valence-electron chi connectivity index (χ2n) is 4.54. The smallest absolute Gasteiger partial charge is 0.250 e. The molecule has 22 heavy (non-hydrogen) atoms. The number of hydrazone groups is 1. The monoisotopic (exact) mass is 330 g/mol. The number of hydrogen-bond donors (Lipinski definition) is 1. The zero-order valence-electron chi connectivity index (χ0n) is 11.9. The third-order valence-electron chi connectivity index (χ3n) is 3.00. The maximum Gasteiger partial charge on any atom is 0.250 e. The molecule has 0 spiro atoms. The summed E-state index contributed by atoms with van der Waals surface area (Å²) in [5.41, 5.74) is 4.51. The number of para-hydroxylation sites is 2. The van der Waals surface area contributed by atoms with Gasteiger partial charge in [-0.25, -0.2) is 10.4 Å². The van der Waals surface area contributed by atoms with Crippen molar-refractivity contribution in [2.45, 2.75) is 5.16 Å². The second-order valence-corrected chi connectivity index (χ2v) is 6.46. The molecule has 2 heterocycles. The van der Waals surface area contributed by atoms with Gasteiger partial charge in [0.1, 0.15) is 0 Å². The lowest BCUT2D eigenvalue weighted by Gasteiger charge is -2.01. The summed E-state index contributed by atoms with van der Waals surface area (Å²) >= 11 is 2.97. The Balaban J connectivity index is 1.57. The summed E-state index contributed by atoms with van der Waals surface area (Å²) < 4.78 is 1.99. The quantitative estimate of drug-likeness (QED) is 0.444. The molecular weight excluding hydrogens is 316 g/mol. The van der Waals surface area contributed by atoms with Crippen molar-refractivity contribution in [2.24, 2.45) is 12.1 Å². The minimum Gasteiger partial charge on any atom is -0.322 e. The van der Waals surface area contributed by atoms with Crippen LogP contribution in [0.4, 0.5) is 0 Å². The second kappa shape index (κ2) is 6.76. The van der Waals surface area contributed by atoms with Crippen molar-refractivity contribution in [3.63, 3.8) is 0 Å². The molecule has 112 valence electrons. The predicted molar refractivity (Wildman–Crippen MR) is 91.5 cm³/mol. The van der Waals surface area contributed by atoms with Crippen molar-refractivity contribution in [3.8, 4) is 0 Å².